The fraction of sp³-hybridized carbons (Fsp3) is 0.294. The van der Waals surface area contributed by atoms with Crippen LogP contribution >= 0.6 is 22.9 Å². The third-order valence-electron chi connectivity index (χ3n) is 3.37. The van der Waals surface area contributed by atoms with Gasteiger partial charge in [-0.1, -0.05) is 43.6 Å². The number of nitrogens with one attached hydrogen (secondary N) is 1. The maximum Gasteiger partial charge on any atom is 0.348 e. The lowest BCUT2D eigenvalue weighted by Gasteiger charge is -2.14. The van der Waals surface area contributed by atoms with E-state index in [1.54, 1.807) is 12.1 Å². The molecule has 1 N–H and O–H groups in total. The number of halogens is 1. The second-order valence-electron chi connectivity index (χ2n) is 4.89. The summed E-state index contributed by atoms with van der Waals surface area (Å²) < 4.78 is 5.53. The van der Waals surface area contributed by atoms with E-state index in [-0.39, 0.29) is 12.5 Å². The molecule has 0 aliphatic heterocycles. The number of anilines is 1. The maximum atomic E-state index is 12.1. The summed E-state index contributed by atoms with van der Waals surface area (Å²) in [5.41, 5.74) is 2.95. The molecule has 6 heteroatoms. The zero-order valence-electron chi connectivity index (χ0n) is 13.0. The zero-order valence-corrected chi connectivity index (χ0v) is 14.6. The Hall–Kier alpha value is -1.85. The third-order valence-corrected chi connectivity index (χ3v) is 4.58. The molecule has 0 fully saturated rings. The number of para-hydroxylation sites is 1. The van der Waals surface area contributed by atoms with Gasteiger partial charge in [0.15, 0.2) is 6.61 Å². The van der Waals surface area contributed by atoms with Crippen LogP contribution in [0.5, 0.6) is 0 Å². The lowest BCUT2D eigenvalue weighted by Crippen LogP contribution is -2.22. The van der Waals surface area contributed by atoms with Gasteiger partial charge in [-0.3, -0.25) is 4.79 Å². The van der Waals surface area contributed by atoms with E-state index in [2.05, 4.69) is 5.32 Å². The van der Waals surface area contributed by atoms with Crippen LogP contribution in [0.1, 0.15) is 34.6 Å². The number of benzene rings is 1. The number of thiophene rings is 1. The molecule has 1 amide bonds. The van der Waals surface area contributed by atoms with Gasteiger partial charge < -0.3 is 10.1 Å². The highest BCUT2D eigenvalue weighted by Gasteiger charge is 2.14. The first-order valence-electron chi connectivity index (χ1n) is 7.38. The highest BCUT2D eigenvalue weighted by molar-refractivity contribution is 7.17. The van der Waals surface area contributed by atoms with Crippen LogP contribution in [0.2, 0.25) is 4.34 Å². The molecule has 0 spiro atoms. The average Bonchev–Trinajstić information content (AvgIpc) is 2.99. The minimum Gasteiger partial charge on any atom is -0.451 e. The molecule has 0 aliphatic rings. The van der Waals surface area contributed by atoms with Crippen molar-refractivity contribution in [2.24, 2.45) is 0 Å². The third kappa shape index (κ3) is 4.56. The first-order chi connectivity index (χ1) is 11.0. The first kappa shape index (κ1) is 17.5. The standard InChI is InChI=1S/C17H18ClNO3S/c1-3-11-6-5-7-12(4-2)16(11)19-15(20)10-22-17(21)13-8-9-14(18)23-13/h5-9H,3-4,10H2,1-2H3,(H,19,20). The first-order valence-corrected chi connectivity index (χ1v) is 8.57. The number of carbonyl (C=O) groups excluding carboxylic acids is 2. The van der Waals surface area contributed by atoms with Crippen LogP contribution in [0.15, 0.2) is 30.3 Å². The SMILES string of the molecule is CCc1cccc(CC)c1NC(=O)COC(=O)c1ccc(Cl)s1. The predicted octanol–water partition coefficient (Wildman–Crippen LogP) is 4.32. The summed E-state index contributed by atoms with van der Waals surface area (Å²) in [7, 11) is 0. The van der Waals surface area contributed by atoms with Gasteiger partial charge in [-0.2, -0.15) is 0 Å². The molecule has 0 saturated heterocycles. The van der Waals surface area contributed by atoms with E-state index in [4.69, 9.17) is 16.3 Å². The Labute approximate surface area is 144 Å². The van der Waals surface area contributed by atoms with Crippen molar-refractivity contribution in [2.75, 3.05) is 11.9 Å². The molecule has 0 bridgehead atoms. The van der Waals surface area contributed by atoms with Crippen LogP contribution < -0.4 is 5.32 Å². The molecular weight excluding hydrogens is 334 g/mol. The van der Waals surface area contributed by atoms with Crippen molar-refractivity contribution < 1.29 is 14.3 Å². The number of amides is 1. The van der Waals surface area contributed by atoms with E-state index in [1.807, 2.05) is 32.0 Å². The van der Waals surface area contributed by atoms with Crippen LogP contribution in [0, 0.1) is 0 Å². The van der Waals surface area contributed by atoms with Gasteiger partial charge in [-0.15, -0.1) is 11.3 Å². The van der Waals surface area contributed by atoms with E-state index in [1.165, 1.54) is 0 Å². The lowest BCUT2D eigenvalue weighted by atomic mass is 10.0. The maximum absolute atomic E-state index is 12.1. The molecule has 0 saturated carbocycles. The van der Waals surface area contributed by atoms with Crippen molar-refractivity contribution in [2.45, 2.75) is 26.7 Å². The molecule has 4 nitrogen and oxygen atoms in total. The highest BCUT2D eigenvalue weighted by Crippen LogP contribution is 2.23. The van der Waals surface area contributed by atoms with Gasteiger partial charge >= 0.3 is 5.97 Å². The summed E-state index contributed by atoms with van der Waals surface area (Å²) >= 11 is 6.90. The van der Waals surface area contributed by atoms with E-state index in [0.29, 0.717) is 9.21 Å². The van der Waals surface area contributed by atoms with Gasteiger partial charge in [-0.25, -0.2) is 4.79 Å². The Balaban J connectivity index is 1.99. The molecule has 0 aliphatic carbocycles. The van der Waals surface area contributed by atoms with E-state index >= 15 is 0 Å². The number of hydrogen-bond donors (Lipinski definition) is 1. The Bertz CT molecular complexity index is 689. The largest absolute Gasteiger partial charge is 0.451 e. The summed E-state index contributed by atoms with van der Waals surface area (Å²) in [5.74, 6) is -0.895. The van der Waals surface area contributed by atoms with Crippen LogP contribution in [-0.4, -0.2) is 18.5 Å². The van der Waals surface area contributed by atoms with Gasteiger partial charge in [0.2, 0.25) is 0 Å². The van der Waals surface area contributed by atoms with Gasteiger partial charge in [0.1, 0.15) is 4.88 Å². The Kier molecular flexibility index (Phi) is 6.19. The van der Waals surface area contributed by atoms with Crippen LogP contribution in [0.25, 0.3) is 0 Å². The fourth-order valence-electron chi connectivity index (χ4n) is 2.20. The number of aryl methyl sites for hydroxylation is 2. The molecule has 0 unspecified atom stereocenters. The topological polar surface area (TPSA) is 55.4 Å². The summed E-state index contributed by atoms with van der Waals surface area (Å²) in [6.45, 7) is 3.74. The molecule has 122 valence electrons. The van der Waals surface area contributed by atoms with Crippen molar-refractivity contribution >= 4 is 40.5 Å². The van der Waals surface area contributed by atoms with E-state index in [0.717, 1.165) is 41.0 Å². The minimum atomic E-state index is -0.545. The van der Waals surface area contributed by atoms with Crippen LogP contribution in [-0.2, 0) is 22.4 Å². The van der Waals surface area contributed by atoms with Crippen molar-refractivity contribution in [1.82, 2.24) is 0 Å². The van der Waals surface area contributed by atoms with Crippen molar-refractivity contribution in [3.8, 4) is 0 Å². The number of ether oxygens (including phenoxy) is 1. The van der Waals surface area contributed by atoms with Crippen LogP contribution in [0.3, 0.4) is 0 Å². The number of carbonyl (C=O) groups is 2. The lowest BCUT2D eigenvalue weighted by molar-refractivity contribution is -0.119. The van der Waals surface area contributed by atoms with E-state index in [9.17, 15) is 9.59 Å². The molecular formula is C17H18ClNO3S. The molecule has 2 aromatic rings. The Morgan fingerprint density at radius 1 is 1.13 bits per heavy atom. The zero-order chi connectivity index (χ0) is 16.8. The molecule has 0 radical (unpaired) electrons. The summed E-state index contributed by atoms with van der Waals surface area (Å²) in [4.78, 5) is 24.3. The van der Waals surface area contributed by atoms with Gasteiger partial charge in [0.25, 0.3) is 5.91 Å². The minimum absolute atomic E-state index is 0.324. The van der Waals surface area contributed by atoms with Crippen molar-refractivity contribution in [1.29, 1.82) is 0 Å². The molecule has 1 aromatic heterocycles. The highest BCUT2D eigenvalue weighted by atomic mass is 35.5. The molecule has 1 aromatic carbocycles. The van der Waals surface area contributed by atoms with Gasteiger partial charge in [0, 0.05) is 5.69 Å². The van der Waals surface area contributed by atoms with Gasteiger partial charge in [0.05, 0.1) is 4.34 Å². The number of esters is 1. The summed E-state index contributed by atoms with van der Waals surface area (Å²) in [6.07, 6.45) is 1.63. The fourth-order valence-corrected chi connectivity index (χ4v) is 3.14. The average molecular weight is 352 g/mol. The van der Waals surface area contributed by atoms with Crippen LogP contribution in [0.4, 0.5) is 5.69 Å². The number of rotatable bonds is 6. The Morgan fingerprint density at radius 2 is 1.78 bits per heavy atom. The second kappa shape index (κ2) is 8.13. The summed E-state index contributed by atoms with van der Waals surface area (Å²) in [6, 6.07) is 9.14. The normalized spacial score (nSPS) is 10.4. The predicted molar refractivity (Wildman–Crippen MR) is 93.4 cm³/mol. The Morgan fingerprint density at radius 3 is 2.30 bits per heavy atom. The quantitative estimate of drug-likeness (QED) is 0.788. The molecule has 1 heterocycles. The number of hydrogen-bond acceptors (Lipinski definition) is 4. The summed E-state index contributed by atoms with van der Waals surface area (Å²) in [5, 5.41) is 2.85. The van der Waals surface area contributed by atoms with Crippen molar-refractivity contribution in [3.63, 3.8) is 0 Å². The van der Waals surface area contributed by atoms with Gasteiger partial charge in [-0.05, 0) is 36.1 Å². The monoisotopic (exact) mass is 351 g/mol. The molecule has 0 atom stereocenters. The van der Waals surface area contributed by atoms with Crippen molar-refractivity contribution in [3.05, 3.63) is 50.7 Å². The van der Waals surface area contributed by atoms with E-state index < -0.39 is 5.97 Å². The second-order valence-corrected chi connectivity index (χ2v) is 6.60. The molecule has 23 heavy (non-hydrogen) atoms. The molecule has 2 rings (SSSR count). The smallest absolute Gasteiger partial charge is 0.348 e.